The number of ether oxygens (including phenoxy) is 1. The zero-order valence-corrected chi connectivity index (χ0v) is 10.5. The van der Waals surface area contributed by atoms with Gasteiger partial charge in [0.2, 0.25) is 0 Å². The smallest absolute Gasteiger partial charge is 0.258 e. The molecular formula is C13H19NO3. The minimum Gasteiger partial charge on any atom is -0.484 e. The average Bonchev–Trinajstić information content (AvgIpc) is 2.22. The van der Waals surface area contributed by atoms with E-state index in [9.17, 15) is 4.79 Å². The van der Waals surface area contributed by atoms with E-state index in [0.717, 1.165) is 11.1 Å². The van der Waals surface area contributed by atoms with Crippen molar-refractivity contribution >= 4 is 5.91 Å². The molecule has 1 unspecified atom stereocenters. The van der Waals surface area contributed by atoms with Crippen molar-refractivity contribution in [3.63, 3.8) is 0 Å². The normalized spacial score (nSPS) is 12.0. The van der Waals surface area contributed by atoms with Gasteiger partial charge in [-0.3, -0.25) is 4.79 Å². The Morgan fingerprint density at radius 3 is 2.47 bits per heavy atom. The third-order valence-electron chi connectivity index (χ3n) is 2.16. The van der Waals surface area contributed by atoms with Gasteiger partial charge in [-0.05, 0) is 44.0 Å². The number of nitrogens with one attached hydrogen (secondary N) is 1. The Balaban J connectivity index is 2.42. The van der Waals surface area contributed by atoms with E-state index < -0.39 is 6.10 Å². The molecule has 1 aromatic rings. The van der Waals surface area contributed by atoms with E-state index in [1.807, 2.05) is 32.0 Å². The second kappa shape index (κ2) is 6.25. The molecule has 1 rings (SSSR count). The van der Waals surface area contributed by atoms with E-state index in [2.05, 4.69) is 5.32 Å². The lowest BCUT2D eigenvalue weighted by atomic mass is 10.1. The molecule has 0 aliphatic rings. The third kappa shape index (κ3) is 5.36. The number of aliphatic hydroxyl groups excluding tert-OH is 1. The number of hydrogen-bond acceptors (Lipinski definition) is 3. The molecule has 1 amide bonds. The number of aryl methyl sites for hydroxylation is 2. The summed E-state index contributed by atoms with van der Waals surface area (Å²) >= 11 is 0. The molecule has 0 heterocycles. The SMILES string of the molecule is Cc1cc(C)cc(OCC(=O)NCC(C)O)c1. The predicted octanol–water partition coefficient (Wildman–Crippen LogP) is 1.18. The van der Waals surface area contributed by atoms with Gasteiger partial charge in [-0.1, -0.05) is 6.07 Å². The maximum absolute atomic E-state index is 11.3. The Morgan fingerprint density at radius 1 is 1.35 bits per heavy atom. The highest BCUT2D eigenvalue weighted by molar-refractivity contribution is 5.77. The number of rotatable bonds is 5. The zero-order valence-electron chi connectivity index (χ0n) is 10.5. The summed E-state index contributed by atoms with van der Waals surface area (Å²) < 4.78 is 5.37. The van der Waals surface area contributed by atoms with Crippen LogP contribution in [0.3, 0.4) is 0 Å². The van der Waals surface area contributed by atoms with Crippen LogP contribution in [0.25, 0.3) is 0 Å². The van der Waals surface area contributed by atoms with Crippen LogP contribution < -0.4 is 10.1 Å². The molecule has 0 aromatic heterocycles. The molecule has 0 saturated heterocycles. The fraction of sp³-hybridized carbons (Fsp3) is 0.462. The highest BCUT2D eigenvalue weighted by Crippen LogP contribution is 2.15. The summed E-state index contributed by atoms with van der Waals surface area (Å²) in [4.78, 5) is 11.3. The van der Waals surface area contributed by atoms with Crippen LogP contribution in [0.15, 0.2) is 18.2 Å². The first-order chi connectivity index (χ1) is 7.97. The van der Waals surface area contributed by atoms with Crippen molar-refractivity contribution in [3.8, 4) is 5.75 Å². The number of hydrogen-bond donors (Lipinski definition) is 2. The first kappa shape index (κ1) is 13.5. The first-order valence-corrected chi connectivity index (χ1v) is 5.63. The molecule has 17 heavy (non-hydrogen) atoms. The molecule has 0 aliphatic carbocycles. The van der Waals surface area contributed by atoms with Gasteiger partial charge < -0.3 is 15.2 Å². The van der Waals surface area contributed by atoms with Crippen molar-refractivity contribution in [2.45, 2.75) is 26.9 Å². The Morgan fingerprint density at radius 2 is 1.94 bits per heavy atom. The number of amides is 1. The first-order valence-electron chi connectivity index (χ1n) is 5.63. The Bertz CT molecular complexity index is 368. The molecule has 4 nitrogen and oxygen atoms in total. The van der Waals surface area contributed by atoms with E-state index in [0.29, 0.717) is 5.75 Å². The lowest BCUT2D eigenvalue weighted by Crippen LogP contribution is -2.34. The van der Waals surface area contributed by atoms with Gasteiger partial charge in [-0.2, -0.15) is 0 Å². The molecule has 0 spiro atoms. The van der Waals surface area contributed by atoms with Crippen molar-refractivity contribution in [2.75, 3.05) is 13.2 Å². The summed E-state index contributed by atoms with van der Waals surface area (Å²) in [5.74, 6) is 0.458. The molecule has 94 valence electrons. The minimum atomic E-state index is -0.542. The number of carbonyl (C=O) groups is 1. The summed E-state index contributed by atoms with van der Waals surface area (Å²) in [7, 11) is 0. The van der Waals surface area contributed by atoms with Gasteiger partial charge in [-0.25, -0.2) is 0 Å². The standard InChI is InChI=1S/C13H19NO3/c1-9-4-10(2)6-12(5-9)17-8-13(16)14-7-11(3)15/h4-6,11,15H,7-8H2,1-3H3,(H,14,16). The number of aliphatic hydroxyl groups is 1. The monoisotopic (exact) mass is 237 g/mol. The van der Waals surface area contributed by atoms with Gasteiger partial charge in [0.1, 0.15) is 5.75 Å². The lowest BCUT2D eigenvalue weighted by molar-refractivity contribution is -0.123. The highest BCUT2D eigenvalue weighted by Gasteiger charge is 2.04. The molecular weight excluding hydrogens is 218 g/mol. The van der Waals surface area contributed by atoms with Crippen molar-refractivity contribution in [2.24, 2.45) is 0 Å². The maximum Gasteiger partial charge on any atom is 0.258 e. The van der Waals surface area contributed by atoms with Crippen LogP contribution in [0.1, 0.15) is 18.1 Å². The van der Waals surface area contributed by atoms with E-state index in [1.54, 1.807) is 6.92 Å². The van der Waals surface area contributed by atoms with Crippen LogP contribution in [0.4, 0.5) is 0 Å². The van der Waals surface area contributed by atoms with E-state index >= 15 is 0 Å². The molecule has 4 heteroatoms. The van der Waals surface area contributed by atoms with Crippen molar-refractivity contribution in [1.29, 1.82) is 0 Å². The second-order valence-electron chi connectivity index (χ2n) is 4.27. The quantitative estimate of drug-likeness (QED) is 0.808. The summed E-state index contributed by atoms with van der Waals surface area (Å²) in [6, 6.07) is 5.81. The van der Waals surface area contributed by atoms with Gasteiger partial charge in [0.05, 0.1) is 6.10 Å². The van der Waals surface area contributed by atoms with Gasteiger partial charge in [0.25, 0.3) is 5.91 Å². The van der Waals surface area contributed by atoms with Crippen LogP contribution in [0.5, 0.6) is 5.75 Å². The van der Waals surface area contributed by atoms with Crippen molar-refractivity contribution in [3.05, 3.63) is 29.3 Å². The maximum atomic E-state index is 11.3. The van der Waals surface area contributed by atoms with Crippen LogP contribution in [-0.2, 0) is 4.79 Å². The molecule has 2 N–H and O–H groups in total. The van der Waals surface area contributed by atoms with Gasteiger partial charge in [-0.15, -0.1) is 0 Å². The van der Waals surface area contributed by atoms with E-state index in [4.69, 9.17) is 9.84 Å². The van der Waals surface area contributed by atoms with Crippen molar-refractivity contribution < 1.29 is 14.6 Å². The molecule has 0 bridgehead atoms. The van der Waals surface area contributed by atoms with Crippen LogP contribution in [0, 0.1) is 13.8 Å². The summed E-state index contributed by atoms with van der Waals surface area (Å²) in [5, 5.41) is 11.6. The highest BCUT2D eigenvalue weighted by atomic mass is 16.5. The van der Waals surface area contributed by atoms with E-state index in [1.165, 1.54) is 0 Å². The Hall–Kier alpha value is -1.55. The lowest BCUT2D eigenvalue weighted by Gasteiger charge is -2.09. The Kier molecular flexibility index (Phi) is 4.97. The van der Waals surface area contributed by atoms with Crippen LogP contribution in [-0.4, -0.2) is 30.3 Å². The number of carbonyl (C=O) groups excluding carboxylic acids is 1. The van der Waals surface area contributed by atoms with Crippen LogP contribution in [0.2, 0.25) is 0 Å². The van der Waals surface area contributed by atoms with Gasteiger partial charge >= 0.3 is 0 Å². The second-order valence-corrected chi connectivity index (χ2v) is 4.27. The summed E-state index contributed by atoms with van der Waals surface area (Å²) in [5.41, 5.74) is 2.20. The van der Waals surface area contributed by atoms with Gasteiger partial charge in [0.15, 0.2) is 6.61 Å². The topological polar surface area (TPSA) is 58.6 Å². The van der Waals surface area contributed by atoms with Crippen molar-refractivity contribution in [1.82, 2.24) is 5.32 Å². The predicted molar refractivity (Wildman–Crippen MR) is 66.1 cm³/mol. The molecule has 0 saturated carbocycles. The van der Waals surface area contributed by atoms with Crippen LogP contribution >= 0.6 is 0 Å². The third-order valence-corrected chi connectivity index (χ3v) is 2.16. The molecule has 0 radical (unpaired) electrons. The summed E-state index contributed by atoms with van der Waals surface area (Å²) in [6.07, 6.45) is -0.542. The largest absolute Gasteiger partial charge is 0.484 e. The molecule has 1 aromatic carbocycles. The summed E-state index contributed by atoms with van der Waals surface area (Å²) in [6.45, 7) is 5.79. The molecule has 0 fully saturated rings. The molecule has 0 aliphatic heterocycles. The minimum absolute atomic E-state index is 0.0321. The zero-order chi connectivity index (χ0) is 12.8. The molecule has 1 atom stereocenters. The average molecular weight is 237 g/mol. The fourth-order valence-corrected chi connectivity index (χ4v) is 1.48. The number of benzene rings is 1. The van der Waals surface area contributed by atoms with E-state index in [-0.39, 0.29) is 19.1 Å². The fourth-order valence-electron chi connectivity index (χ4n) is 1.48. The Labute approximate surface area is 102 Å². The van der Waals surface area contributed by atoms with Gasteiger partial charge in [0, 0.05) is 6.54 Å².